The van der Waals surface area contributed by atoms with Crippen LogP contribution in [0, 0.1) is 0 Å². The van der Waals surface area contributed by atoms with Crippen molar-refractivity contribution in [1.29, 1.82) is 0 Å². The zero-order chi connectivity index (χ0) is 18.0. The van der Waals surface area contributed by atoms with Gasteiger partial charge in [0.15, 0.2) is 0 Å². The average Bonchev–Trinajstić information content (AvgIpc) is 2.36. The van der Waals surface area contributed by atoms with Crippen molar-refractivity contribution in [1.82, 2.24) is 4.90 Å². The molecule has 0 amide bonds. The van der Waals surface area contributed by atoms with Crippen LogP contribution in [0.15, 0.2) is 0 Å². The summed E-state index contributed by atoms with van der Waals surface area (Å²) in [6.45, 7) is 18.0. The molecule has 2 atom stereocenters. The summed E-state index contributed by atoms with van der Waals surface area (Å²) < 4.78 is 18.2. The molecule has 0 aromatic rings. The molecule has 1 aliphatic carbocycles. The van der Waals surface area contributed by atoms with Crippen molar-refractivity contribution in [3.8, 4) is 0 Å². The Kier molecular flexibility index (Phi) is 6.74. The largest absolute Gasteiger partial charge is 0.375 e. The first-order chi connectivity index (χ1) is 11.0. The third-order valence-corrected chi connectivity index (χ3v) is 4.84. The molecule has 0 N–H and O–H groups in total. The zero-order valence-electron chi connectivity index (χ0n) is 16.9. The topological polar surface area (TPSA) is 30.9 Å². The van der Waals surface area contributed by atoms with Crippen LogP contribution >= 0.6 is 0 Å². The lowest BCUT2D eigenvalue weighted by Gasteiger charge is -2.43. The number of piperidine rings is 1. The van der Waals surface area contributed by atoms with Crippen LogP contribution in [-0.2, 0) is 14.2 Å². The molecule has 1 heterocycles. The molecule has 0 aromatic heterocycles. The standard InChI is InChI=1S/C20H39NO3/c1-15-12-16(8-9-21(15)10-11-22-19(2,3)4)23-17-13-18(14-17)24-20(5,6)7/h15-18H,8-14H2,1-7H3/t15-,16+,17?,18?/m0/s1. The molecule has 1 aliphatic heterocycles. The van der Waals surface area contributed by atoms with Gasteiger partial charge in [0, 0.05) is 19.1 Å². The second kappa shape index (κ2) is 8.03. The fourth-order valence-corrected chi connectivity index (χ4v) is 3.60. The zero-order valence-corrected chi connectivity index (χ0v) is 16.9. The van der Waals surface area contributed by atoms with Crippen molar-refractivity contribution in [3.05, 3.63) is 0 Å². The molecule has 0 radical (unpaired) electrons. The first-order valence-electron chi connectivity index (χ1n) is 9.73. The molecule has 2 fully saturated rings. The van der Waals surface area contributed by atoms with E-state index >= 15 is 0 Å². The van der Waals surface area contributed by atoms with E-state index in [-0.39, 0.29) is 11.2 Å². The molecule has 1 saturated carbocycles. The molecule has 1 saturated heterocycles. The molecule has 4 nitrogen and oxygen atoms in total. The van der Waals surface area contributed by atoms with E-state index in [4.69, 9.17) is 14.2 Å². The molecule has 0 unspecified atom stereocenters. The summed E-state index contributed by atoms with van der Waals surface area (Å²) in [6.07, 6.45) is 5.61. The summed E-state index contributed by atoms with van der Waals surface area (Å²) in [5, 5.41) is 0. The molecule has 2 rings (SSSR count). The van der Waals surface area contributed by atoms with Crippen LogP contribution in [0.1, 0.15) is 74.1 Å². The fraction of sp³-hybridized carbons (Fsp3) is 1.00. The summed E-state index contributed by atoms with van der Waals surface area (Å²) in [5.41, 5.74) is -0.0782. The molecule has 4 heteroatoms. The third kappa shape index (κ3) is 6.99. The maximum absolute atomic E-state index is 6.31. The molecule has 142 valence electrons. The van der Waals surface area contributed by atoms with Gasteiger partial charge in [-0.3, -0.25) is 4.90 Å². The Morgan fingerprint density at radius 3 is 2.08 bits per heavy atom. The van der Waals surface area contributed by atoms with Crippen molar-refractivity contribution in [2.45, 2.75) is 110 Å². The lowest BCUT2D eigenvalue weighted by atomic mass is 9.90. The smallest absolute Gasteiger partial charge is 0.0631 e. The van der Waals surface area contributed by atoms with Gasteiger partial charge in [0.05, 0.1) is 36.1 Å². The Labute approximate surface area is 149 Å². The fourth-order valence-electron chi connectivity index (χ4n) is 3.60. The van der Waals surface area contributed by atoms with Crippen LogP contribution in [0.25, 0.3) is 0 Å². The van der Waals surface area contributed by atoms with Crippen LogP contribution in [0.5, 0.6) is 0 Å². The van der Waals surface area contributed by atoms with E-state index in [0.717, 1.165) is 45.4 Å². The minimum absolute atomic E-state index is 0.0371. The number of likely N-dealkylation sites (tertiary alicyclic amines) is 1. The highest BCUT2D eigenvalue weighted by molar-refractivity contribution is 4.86. The van der Waals surface area contributed by atoms with E-state index < -0.39 is 0 Å². The second-order valence-corrected chi connectivity index (χ2v) is 9.57. The second-order valence-electron chi connectivity index (χ2n) is 9.57. The Hall–Kier alpha value is -0.160. The third-order valence-electron chi connectivity index (χ3n) is 4.84. The van der Waals surface area contributed by atoms with Crippen LogP contribution < -0.4 is 0 Å². The number of hydrogen-bond donors (Lipinski definition) is 0. The van der Waals surface area contributed by atoms with Gasteiger partial charge in [-0.1, -0.05) is 0 Å². The predicted octanol–water partition coefficient (Wildman–Crippen LogP) is 4.02. The lowest BCUT2D eigenvalue weighted by molar-refractivity contribution is -0.170. The SMILES string of the molecule is C[C@H]1C[C@H](OC2CC(OC(C)(C)C)C2)CCN1CCOC(C)(C)C. The minimum atomic E-state index is -0.0411. The van der Waals surface area contributed by atoms with Gasteiger partial charge in [0.25, 0.3) is 0 Å². The van der Waals surface area contributed by atoms with Gasteiger partial charge in [0.1, 0.15) is 0 Å². The average molecular weight is 342 g/mol. The van der Waals surface area contributed by atoms with Crippen LogP contribution in [0.3, 0.4) is 0 Å². The van der Waals surface area contributed by atoms with Gasteiger partial charge in [0.2, 0.25) is 0 Å². The number of hydrogen-bond acceptors (Lipinski definition) is 4. The Bertz CT molecular complexity index is 379. The molecule has 2 aliphatic rings. The van der Waals surface area contributed by atoms with Gasteiger partial charge in [-0.05, 0) is 74.1 Å². The maximum atomic E-state index is 6.31. The summed E-state index contributed by atoms with van der Waals surface area (Å²) in [5.74, 6) is 0. The van der Waals surface area contributed by atoms with Crippen molar-refractivity contribution < 1.29 is 14.2 Å². The Morgan fingerprint density at radius 1 is 0.875 bits per heavy atom. The van der Waals surface area contributed by atoms with Crippen molar-refractivity contribution in [2.75, 3.05) is 19.7 Å². The molecule has 0 aromatic carbocycles. The van der Waals surface area contributed by atoms with Crippen LogP contribution in [0.4, 0.5) is 0 Å². The van der Waals surface area contributed by atoms with Gasteiger partial charge in [-0.25, -0.2) is 0 Å². The van der Waals surface area contributed by atoms with Crippen molar-refractivity contribution in [3.63, 3.8) is 0 Å². The van der Waals surface area contributed by atoms with E-state index in [1.54, 1.807) is 0 Å². The van der Waals surface area contributed by atoms with Crippen molar-refractivity contribution in [2.24, 2.45) is 0 Å². The lowest BCUT2D eigenvalue weighted by Crippen LogP contribution is -2.48. The summed E-state index contributed by atoms with van der Waals surface area (Å²) in [4.78, 5) is 2.54. The highest BCUT2D eigenvalue weighted by Crippen LogP contribution is 2.32. The van der Waals surface area contributed by atoms with E-state index in [2.05, 4.69) is 53.4 Å². The number of rotatable bonds is 6. The first-order valence-corrected chi connectivity index (χ1v) is 9.73. The predicted molar refractivity (Wildman–Crippen MR) is 98.5 cm³/mol. The molecular weight excluding hydrogens is 302 g/mol. The monoisotopic (exact) mass is 341 g/mol. The van der Waals surface area contributed by atoms with Gasteiger partial charge in [-0.15, -0.1) is 0 Å². The maximum Gasteiger partial charge on any atom is 0.0631 e. The quantitative estimate of drug-likeness (QED) is 0.730. The van der Waals surface area contributed by atoms with Crippen LogP contribution in [-0.4, -0.2) is 60.2 Å². The number of nitrogens with zero attached hydrogens (tertiary/aromatic N) is 1. The van der Waals surface area contributed by atoms with Crippen molar-refractivity contribution >= 4 is 0 Å². The molecule has 0 spiro atoms. The highest BCUT2D eigenvalue weighted by atomic mass is 16.5. The van der Waals surface area contributed by atoms with Gasteiger partial charge in [-0.2, -0.15) is 0 Å². The summed E-state index contributed by atoms with van der Waals surface area (Å²) in [7, 11) is 0. The minimum Gasteiger partial charge on any atom is -0.375 e. The molecule has 24 heavy (non-hydrogen) atoms. The molecular formula is C20H39NO3. The highest BCUT2D eigenvalue weighted by Gasteiger charge is 2.36. The van der Waals surface area contributed by atoms with Gasteiger partial charge < -0.3 is 14.2 Å². The summed E-state index contributed by atoms with van der Waals surface area (Å²) in [6, 6.07) is 0.578. The number of ether oxygens (including phenoxy) is 3. The molecule has 0 bridgehead atoms. The Balaban J connectivity index is 1.62. The van der Waals surface area contributed by atoms with E-state index in [1.165, 1.54) is 0 Å². The van der Waals surface area contributed by atoms with Gasteiger partial charge >= 0.3 is 0 Å². The normalized spacial score (nSPS) is 32.6. The van der Waals surface area contributed by atoms with E-state index in [9.17, 15) is 0 Å². The van der Waals surface area contributed by atoms with Crippen LogP contribution in [0.2, 0.25) is 0 Å². The summed E-state index contributed by atoms with van der Waals surface area (Å²) >= 11 is 0. The van der Waals surface area contributed by atoms with E-state index in [0.29, 0.717) is 24.4 Å². The first kappa shape index (κ1) is 20.2. The Morgan fingerprint density at radius 2 is 1.54 bits per heavy atom. The van der Waals surface area contributed by atoms with E-state index in [1.807, 2.05) is 0 Å².